The fraction of sp³-hybridized carbons (Fsp3) is 1.00. The maximum absolute atomic E-state index is 2.39. The first-order chi connectivity index (χ1) is 8.93. The van der Waals surface area contributed by atoms with Gasteiger partial charge in [-0.25, -0.2) is 0 Å². The van der Waals surface area contributed by atoms with Crippen LogP contribution in [0.4, 0.5) is 0 Å². The molecule has 3 N–H and O–H groups in total. The summed E-state index contributed by atoms with van der Waals surface area (Å²) in [5, 5.41) is 0. The quantitative estimate of drug-likeness (QED) is 0.544. The van der Waals surface area contributed by atoms with Crippen LogP contribution in [0.15, 0.2) is 0 Å². The Morgan fingerprint density at radius 2 is 0.789 bits per heavy atom. The highest BCUT2D eigenvalue weighted by atomic mass is 14.1. The summed E-state index contributed by atoms with van der Waals surface area (Å²) < 4.78 is 0. The van der Waals surface area contributed by atoms with Gasteiger partial charge in [-0.2, -0.15) is 0 Å². The topological polar surface area (TPSA) is 35.0 Å². The van der Waals surface area contributed by atoms with Gasteiger partial charge in [-0.05, 0) is 5.92 Å². The molecule has 0 bridgehead atoms. The Labute approximate surface area is 122 Å². The van der Waals surface area contributed by atoms with Crippen molar-refractivity contribution in [1.82, 2.24) is 6.15 Å². The molecule has 1 fully saturated rings. The molecule has 1 saturated carbocycles. The van der Waals surface area contributed by atoms with Gasteiger partial charge in [0.1, 0.15) is 0 Å². The standard InChI is InChI=1S/C18H36.H3N/c1-2-18-16-14-12-10-8-6-4-3-5-7-9-11-13-15-17-18;/h18H,2-17H2,1H3;1H3. The van der Waals surface area contributed by atoms with Crippen molar-refractivity contribution in [3.05, 3.63) is 0 Å². The van der Waals surface area contributed by atoms with Crippen LogP contribution in [-0.4, -0.2) is 0 Å². The van der Waals surface area contributed by atoms with Gasteiger partial charge in [0.05, 0.1) is 0 Å². The van der Waals surface area contributed by atoms with E-state index in [4.69, 9.17) is 0 Å². The first kappa shape index (κ1) is 19.0. The van der Waals surface area contributed by atoms with Gasteiger partial charge in [0.15, 0.2) is 0 Å². The minimum absolute atomic E-state index is 0. The van der Waals surface area contributed by atoms with Gasteiger partial charge in [-0.3, -0.25) is 0 Å². The van der Waals surface area contributed by atoms with E-state index in [9.17, 15) is 0 Å². The molecule has 0 spiro atoms. The fourth-order valence-electron chi connectivity index (χ4n) is 3.36. The lowest BCUT2D eigenvalue weighted by molar-refractivity contribution is 0.390. The third-order valence-electron chi connectivity index (χ3n) is 4.80. The van der Waals surface area contributed by atoms with Crippen molar-refractivity contribution in [3.63, 3.8) is 0 Å². The average molecular weight is 270 g/mol. The lowest BCUT2D eigenvalue weighted by atomic mass is 9.92. The Bertz CT molecular complexity index is 151. The highest BCUT2D eigenvalue weighted by Gasteiger charge is 2.06. The average Bonchev–Trinajstić information content (AvgIpc) is 2.39. The molecule has 1 heteroatoms. The van der Waals surface area contributed by atoms with E-state index in [0.717, 1.165) is 5.92 Å². The van der Waals surface area contributed by atoms with Crippen LogP contribution in [0.3, 0.4) is 0 Å². The monoisotopic (exact) mass is 269 g/mol. The zero-order chi connectivity index (χ0) is 12.9. The molecule has 1 nitrogen and oxygen atoms in total. The van der Waals surface area contributed by atoms with E-state index in [0.29, 0.717) is 0 Å². The van der Waals surface area contributed by atoms with Crippen LogP contribution in [0, 0.1) is 5.92 Å². The molecule has 1 aliphatic carbocycles. The summed E-state index contributed by atoms with van der Waals surface area (Å²) >= 11 is 0. The zero-order valence-corrected chi connectivity index (χ0v) is 13.6. The molecule has 0 aliphatic heterocycles. The maximum atomic E-state index is 2.39. The molecule has 0 amide bonds. The molecule has 0 aromatic carbocycles. The van der Waals surface area contributed by atoms with Crippen molar-refractivity contribution >= 4 is 0 Å². The first-order valence-electron chi connectivity index (χ1n) is 8.93. The summed E-state index contributed by atoms with van der Waals surface area (Å²) in [6.07, 6.45) is 23.9. The van der Waals surface area contributed by atoms with Crippen LogP contribution in [0.25, 0.3) is 0 Å². The minimum Gasteiger partial charge on any atom is -0.344 e. The molecule has 0 unspecified atom stereocenters. The van der Waals surface area contributed by atoms with E-state index in [2.05, 4.69) is 6.92 Å². The van der Waals surface area contributed by atoms with Crippen LogP contribution in [0.5, 0.6) is 0 Å². The molecular formula is C18H39N. The molecule has 0 aromatic rings. The summed E-state index contributed by atoms with van der Waals surface area (Å²) in [6.45, 7) is 2.39. The molecule has 0 heterocycles. The fourth-order valence-corrected chi connectivity index (χ4v) is 3.36. The van der Waals surface area contributed by atoms with Gasteiger partial charge >= 0.3 is 0 Å². The second-order valence-corrected chi connectivity index (χ2v) is 6.45. The van der Waals surface area contributed by atoms with Crippen molar-refractivity contribution in [3.8, 4) is 0 Å². The van der Waals surface area contributed by atoms with Gasteiger partial charge in [0.25, 0.3) is 0 Å². The normalized spacial score (nSPS) is 22.6. The predicted molar refractivity (Wildman–Crippen MR) is 88.1 cm³/mol. The molecule has 1 rings (SSSR count). The van der Waals surface area contributed by atoms with E-state index >= 15 is 0 Å². The number of hydrogen-bond acceptors (Lipinski definition) is 1. The summed E-state index contributed by atoms with van der Waals surface area (Å²) in [7, 11) is 0. The smallest absolute Gasteiger partial charge is 0.0417 e. The predicted octanol–water partition coefficient (Wildman–Crippen LogP) is 7.04. The second kappa shape index (κ2) is 14.4. The second-order valence-electron chi connectivity index (χ2n) is 6.45. The molecule has 0 aromatic heterocycles. The first-order valence-corrected chi connectivity index (χ1v) is 8.93. The lowest BCUT2D eigenvalue weighted by Gasteiger charge is -2.14. The van der Waals surface area contributed by atoms with Gasteiger partial charge in [0, 0.05) is 0 Å². The molecule has 0 radical (unpaired) electrons. The van der Waals surface area contributed by atoms with Crippen LogP contribution < -0.4 is 6.15 Å². The molecule has 116 valence electrons. The SMILES string of the molecule is CCC1CCCCCCCCCCCCCCC1.N. The molecule has 1 aliphatic rings. The molecule has 19 heavy (non-hydrogen) atoms. The third-order valence-corrected chi connectivity index (χ3v) is 4.80. The van der Waals surface area contributed by atoms with Crippen LogP contribution in [-0.2, 0) is 0 Å². The minimum atomic E-state index is 0. The third kappa shape index (κ3) is 11.5. The maximum Gasteiger partial charge on any atom is -0.0417 e. The van der Waals surface area contributed by atoms with Crippen molar-refractivity contribution in [2.45, 2.75) is 110 Å². The van der Waals surface area contributed by atoms with Crippen molar-refractivity contribution < 1.29 is 0 Å². The molecule has 0 saturated heterocycles. The van der Waals surface area contributed by atoms with E-state index in [1.54, 1.807) is 0 Å². The van der Waals surface area contributed by atoms with E-state index < -0.39 is 0 Å². The van der Waals surface area contributed by atoms with Crippen molar-refractivity contribution in [1.29, 1.82) is 0 Å². The van der Waals surface area contributed by atoms with E-state index in [1.165, 1.54) is 103 Å². The Morgan fingerprint density at radius 3 is 1.05 bits per heavy atom. The van der Waals surface area contributed by atoms with E-state index in [1.807, 2.05) is 0 Å². The highest BCUT2D eigenvalue weighted by molar-refractivity contribution is 4.59. The largest absolute Gasteiger partial charge is 0.344 e. The summed E-state index contributed by atoms with van der Waals surface area (Å²) in [6, 6.07) is 0. The Morgan fingerprint density at radius 1 is 0.526 bits per heavy atom. The van der Waals surface area contributed by atoms with Gasteiger partial charge in [0.2, 0.25) is 0 Å². The number of rotatable bonds is 1. The van der Waals surface area contributed by atoms with Crippen LogP contribution in [0.1, 0.15) is 110 Å². The summed E-state index contributed by atoms with van der Waals surface area (Å²) in [5.41, 5.74) is 0. The Hall–Kier alpha value is -0.0400. The van der Waals surface area contributed by atoms with Crippen molar-refractivity contribution in [2.75, 3.05) is 0 Å². The van der Waals surface area contributed by atoms with Crippen LogP contribution in [0.2, 0.25) is 0 Å². The summed E-state index contributed by atoms with van der Waals surface area (Å²) in [5.74, 6) is 1.04. The van der Waals surface area contributed by atoms with Gasteiger partial charge in [-0.1, -0.05) is 110 Å². The Kier molecular flexibility index (Phi) is 14.3. The Balaban J connectivity index is 0.00000324. The van der Waals surface area contributed by atoms with Gasteiger partial charge in [-0.15, -0.1) is 0 Å². The van der Waals surface area contributed by atoms with Gasteiger partial charge < -0.3 is 6.15 Å². The summed E-state index contributed by atoms with van der Waals surface area (Å²) in [4.78, 5) is 0. The molecular weight excluding hydrogens is 230 g/mol. The van der Waals surface area contributed by atoms with Crippen LogP contribution >= 0.6 is 0 Å². The highest BCUT2D eigenvalue weighted by Crippen LogP contribution is 2.22. The van der Waals surface area contributed by atoms with E-state index in [-0.39, 0.29) is 6.15 Å². The van der Waals surface area contributed by atoms with Crippen molar-refractivity contribution in [2.24, 2.45) is 5.92 Å². The lowest BCUT2D eigenvalue weighted by Crippen LogP contribution is -1.99. The zero-order valence-electron chi connectivity index (χ0n) is 13.6. The number of hydrogen-bond donors (Lipinski definition) is 1. The molecule has 0 atom stereocenters.